The molecule has 0 aliphatic carbocycles. The van der Waals surface area contributed by atoms with Crippen molar-refractivity contribution in [1.82, 2.24) is 19.6 Å². The highest BCUT2D eigenvalue weighted by Crippen LogP contribution is 2.45. The van der Waals surface area contributed by atoms with E-state index in [2.05, 4.69) is 27.0 Å². The van der Waals surface area contributed by atoms with Gasteiger partial charge in [-0.3, -0.25) is 4.79 Å². The Hall–Kier alpha value is -5.18. The minimum Gasteiger partial charge on any atom is -0.480 e. The van der Waals surface area contributed by atoms with Gasteiger partial charge in [0.1, 0.15) is 17.6 Å². The third kappa shape index (κ3) is 4.57. The van der Waals surface area contributed by atoms with Gasteiger partial charge in [0.15, 0.2) is 5.82 Å². The second-order valence-corrected chi connectivity index (χ2v) is 8.18. The van der Waals surface area contributed by atoms with E-state index in [-0.39, 0.29) is 5.91 Å². The van der Waals surface area contributed by atoms with E-state index in [0.717, 1.165) is 27.9 Å². The van der Waals surface area contributed by atoms with Crippen LogP contribution in [0.2, 0.25) is 0 Å². The Kier molecular flexibility index (Phi) is 6.25. The Labute approximate surface area is 213 Å². The summed E-state index contributed by atoms with van der Waals surface area (Å²) in [5.74, 6) is 1.70. The molecule has 0 aliphatic heterocycles. The molecule has 2 aromatic carbocycles. The predicted molar refractivity (Wildman–Crippen MR) is 143 cm³/mol. The summed E-state index contributed by atoms with van der Waals surface area (Å²) in [6.45, 7) is 5.40. The van der Waals surface area contributed by atoms with Crippen molar-refractivity contribution >= 4 is 22.9 Å². The van der Waals surface area contributed by atoms with E-state index >= 15 is 0 Å². The van der Waals surface area contributed by atoms with Gasteiger partial charge in [0.25, 0.3) is 0 Å². The van der Waals surface area contributed by atoms with E-state index in [1.54, 1.807) is 11.6 Å². The number of amides is 1. The number of anilines is 2. The first-order valence-corrected chi connectivity index (χ1v) is 11.4. The number of nitrogen functional groups attached to an aromatic ring is 1. The predicted octanol–water partition coefficient (Wildman–Crippen LogP) is 5.27. The molecule has 3 aromatic heterocycles. The molecule has 0 atom stereocenters. The van der Waals surface area contributed by atoms with Crippen molar-refractivity contribution < 1.29 is 14.3 Å². The summed E-state index contributed by atoms with van der Waals surface area (Å²) in [5, 5.41) is 7.15. The average molecular weight is 493 g/mol. The normalized spacial score (nSPS) is 10.8. The number of carbonyl (C=O) groups excluding carboxylic acids is 1. The Morgan fingerprint density at radius 2 is 1.73 bits per heavy atom. The molecular weight excluding hydrogens is 468 g/mol. The number of pyridine rings is 1. The molecule has 0 spiro atoms. The number of hydrogen-bond acceptors (Lipinski definition) is 7. The molecule has 5 rings (SSSR count). The number of fused-ring (bicyclic) bond motifs is 1. The van der Waals surface area contributed by atoms with Crippen molar-refractivity contribution in [3.8, 4) is 39.8 Å². The van der Waals surface area contributed by atoms with E-state index in [0.29, 0.717) is 34.5 Å². The number of nitrogens with zero attached hydrogens (tertiary/aromatic N) is 4. The standard InChI is InChI=1S/C28H24N6O3/c1-4-22(35)33-20-12-8-19(9-13-20)25-24(26-27(29)30-16-31-34(26)28(25)36-3)18-10-14-21(15-11-18)37-23-7-5-6-17(2)32-23/h4-16H,1H2,2-3H3,(H,33,35)(H2,29,30,31). The van der Waals surface area contributed by atoms with Crippen LogP contribution in [0.25, 0.3) is 27.8 Å². The van der Waals surface area contributed by atoms with Gasteiger partial charge in [0, 0.05) is 23.0 Å². The van der Waals surface area contributed by atoms with Gasteiger partial charge in [-0.15, -0.1) is 0 Å². The minimum atomic E-state index is -0.285. The zero-order valence-corrected chi connectivity index (χ0v) is 20.3. The van der Waals surface area contributed by atoms with Gasteiger partial charge in [-0.25, -0.2) is 9.97 Å². The summed E-state index contributed by atoms with van der Waals surface area (Å²) in [7, 11) is 1.58. The maximum atomic E-state index is 11.7. The monoisotopic (exact) mass is 492 g/mol. The van der Waals surface area contributed by atoms with Crippen LogP contribution >= 0.6 is 0 Å². The van der Waals surface area contributed by atoms with Gasteiger partial charge in [0.05, 0.1) is 12.7 Å². The lowest BCUT2D eigenvalue weighted by Crippen LogP contribution is -2.06. The van der Waals surface area contributed by atoms with Crippen molar-refractivity contribution in [2.24, 2.45) is 0 Å². The molecule has 0 aliphatic rings. The lowest BCUT2D eigenvalue weighted by molar-refractivity contribution is -0.111. The molecule has 0 unspecified atom stereocenters. The van der Waals surface area contributed by atoms with Gasteiger partial charge >= 0.3 is 0 Å². The molecule has 0 fully saturated rings. The van der Waals surface area contributed by atoms with Crippen LogP contribution in [0.5, 0.6) is 17.5 Å². The maximum absolute atomic E-state index is 11.7. The van der Waals surface area contributed by atoms with Crippen LogP contribution in [0.15, 0.2) is 85.7 Å². The second kappa shape index (κ2) is 9.82. The first-order chi connectivity index (χ1) is 18.0. The quantitative estimate of drug-likeness (QED) is 0.297. The van der Waals surface area contributed by atoms with Crippen LogP contribution in [0.1, 0.15) is 5.69 Å². The number of ether oxygens (including phenoxy) is 2. The molecule has 0 saturated heterocycles. The Morgan fingerprint density at radius 3 is 2.41 bits per heavy atom. The molecule has 184 valence electrons. The SMILES string of the molecule is C=CC(=O)Nc1ccc(-c2c(-c3ccc(Oc4cccc(C)n4)cc3)c3c(N)ncnn3c2OC)cc1. The van der Waals surface area contributed by atoms with Crippen LogP contribution < -0.4 is 20.5 Å². The number of nitrogens with two attached hydrogens (primary N) is 1. The minimum absolute atomic E-state index is 0.285. The zero-order valence-electron chi connectivity index (χ0n) is 20.3. The van der Waals surface area contributed by atoms with Crippen molar-refractivity contribution in [2.45, 2.75) is 6.92 Å². The number of nitrogens with one attached hydrogen (secondary N) is 1. The molecular formula is C28H24N6O3. The molecule has 0 saturated carbocycles. The summed E-state index contributed by atoms with van der Waals surface area (Å²) in [6.07, 6.45) is 2.61. The third-order valence-corrected chi connectivity index (χ3v) is 5.76. The first kappa shape index (κ1) is 23.6. The number of carbonyl (C=O) groups is 1. The van der Waals surface area contributed by atoms with Crippen LogP contribution in [-0.2, 0) is 4.79 Å². The van der Waals surface area contributed by atoms with Gasteiger partial charge in [0.2, 0.25) is 17.7 Å². The van der Waals surface area contributed by atoms with Crippen molar-refractivity contribution in [3.05, 3.63) is 91.4 Å². The summed E-state index contributed by atoms with van der Waals surface area (Å²) < 4.78 is 13.4. The first-order valence-electron chi connectivity index (χ1n) is 11.4. The number of aryl methyl sites for hydroxylation is 1. The van der Waals surface area contributed by atoms with Gasteiger partial charge in [-0.05, 0) is 54.5 Å². The highest BCUT2D eigenvalue weighted by atomic mass is 16.5. The molecule has 5 aromatic rings. The second-order valence-electron chi connectivity index (χ2n) is 8.18. The fourth-order valence-corrected chi connectivity index (χ4v) is 4.12. The van der Waals surface area contributed by atoms with Gasteiger partial charge in [-0.2, -0.15) is 9.61 Å². The summed E-state index contributed by atoms with van der Waals surface area (Å²) >= 11 is 0. The fraction of sp³-hybridized carbons (Fsp3) is 0.0714. The van der Waals surface area contributed by atoms with Gasteiger partial charge in [-0.1, -0.05) is 36.9 Å². The molecule has 0 radical (unpaired) electrons. The maximum Gasteiger partial charge on any atom is 0.247 e. The van der Waals surface area contributed by atoms with Gasteiger partial charge < -0.3 is 20.5 Å². The number of aromatic nitrogens is 4. The Bertz CT molecular complexity index is 1610. The highest BCUT2D eigenvalue weighted by molar-refractivity contribution is 6.02. The van der Waals surface area contributed by atoms with Crippen LogP contribution in [0.3, 0.4) is 0 Å². The number of benzene rings is 2. The molecule has 3 N–H and O–H groups in total. The molecule has 9 heteroatoms. The lowest BCUT2D eigenvalue weighted by atomic mass is 9.97. The number of hydrogen-bond donors (Lipinski definition) is 2. The topological polar surface area (TPSA) is 117 Å². The van der Waals surface area contributed by atoms with E-state index < -0.39 is 0 Å². The van der Waals surface area contributed by atoms with E-state index in [1.807, 2.05) is 73.7 Å². The van der Waals surface area contributed by atoms with Crippen molar-refractivity contribution in [1.29, 1.82) is 0 Å². The van der Waals surface area contributed by atoms with Crippen LogP contribution in [-0.4, -0.2) is 32.6 Å². The number of rotatable bonds is 7. The van der Waals surface area contributed by atoms with Crippen molar-refractivity contribution in [3.63, 3.8) is 0 Å². The summed E-state index contributed by atoms with van der Waals surface area (Å²) in [5.41, 5.74) is 11.8. The van der Waals surface area contributed by atoms with Crippen LogP contribution in [0.4, 0.5) is 11.5 Å². The smallest absolute Gasteiger partial charge is 0.247 e. The van der Waals surface area contributed by atoms with E-state index in [4.69, 9.17) is 15.2 Å². The molecule has 0 bridgehead atoms. The van der Waals surface area contributed by atoms with E-state index in [1.165, 1.54) is 12.4 Å². The highest BCUT2D eigenvalue weighted by Gasteiger charge is 2.25. The zero-order chi connectivity index (χ0) is 25.9. The third-order valence-electron chi connectivity index (χ3n) is 5.76. The average Bonchev–Trinajstić information content (AvgIpc) is 3.25. The van der Waals surface area contributed by atoms with Crippen molar-refractivity contribution in [2.75, 3.05) is 18.2 Å². The van der Waals surface area contributed by atoms with E-state index in [9.17, 15) is 4.79 Å². The molecule has 9 nitrogen and oxygen atoms in total. The fourth-order valence-electron chi connectivity index (χ4n) is 4.12. The Morgan fingerprint density at radius 1 is 1.03 bits per heavy atom. The lowest BCUT2D eigenvalue weighted by Gasteiger charge is -2.10. The molecule has 37 heavy (non-hydrogen) atoms. The largest absolute Gasteiger partial charge is 0.480 e. The molecule has 1 amide bonds. The number of methoxy groups -OCH3 is 1. The summed E-state index contributed by atoms with van der Waals surface area (Å²) in [4.78, 5) is 20.3. The van der Waals surface area contributed by atoms with Crippen LogP contribution in [0, 0.1) is 6.92 Å². The Balaban J connectivity index is 1.62. The molecule has 3 heterocycles. The summed E-state index contributed by atoms with van der Waals surface area (Å²) in [6, 6.07) is 20.6.